The molecule has 0 atom stereocenters. The number of anilines is 3. The molecule has 2 heterocycles. The lowest BCUT2D eigenvalue weighted by molar-refractivity contribution is 0.668. The standard InChI is InChI=1S/C46H29NO2/c1-2-12-31(13-3-1)36-25-23-34(33-22-21-30-11-4-5-14-32(30)27-33)28-41(36)47(35-24-26-44-39(29-35)37-15-6-8-18-42(37)48-44)40-17-10-20-45-46(40)38-16-7-9-19-43(38)49-45/h1-29H. The maximum absolute atomic E-state index is 6.44. The summed E-state index contributed by atoms with van der Waals surface area (Å²) in [6.45, 7) is 0. The molecule has 0 saturated carbocycles. The van der Waals surface area contributed by atoms with Crippen LogP contribution >= 0.6 is 0 Å². The number of nitrogens with zero attached hydrogens (tertiary/aromatic N) is 1. The number of fused-ring (bicyclic) bond motifs is 7. The lowest BCUT2D eigenvalue weighted by atomic mass is 9.95. The van der Waals surface area contributed by atoms with E-state index in [1.54, 1.807) is 0 Å². The van der Waals surface area contributed by atoms with Crippen LogP contribution in [-0.2, 0) is 0 Å². The Hall–Kier alpha value is -6.58. The highest BCUT2D eigenvalue weighted by Gasteiger charge is 2.23. The topological polar surface area (TPSA) is 29.5 Å². The van der Waals surface area contributed by atoms with Gasteiger partial charge in [-0.1, -0.05) is 121 Å². The van der Waals surface area contributed by atoms with Crippen molar-refractivity contribution in [2.24, 2.45) is 0 Å². The third kappa shape index (κ3) is 4.51. The van der Waals surface area contributed by atoms with Gasteiger partial charge in [0.2, 0.25) is 0 Å². The second-order valence-corrected chi connectivity index (χ2v) is 12.5. The highest BCUT2D eigenvalue weighted by molar-refractivity contribution is 6.15. The van der Waals surface area contributed by atoms with E-state index in [4.69, 9.17) is 8.83 Å². The smallest absolute Gasteiger partial charge is 0.137 e. The number of benzene rings is 8. The molecule has 0 fully saturated rings. The Bertz CT molecular complexity index is 2840. The third-order valence-corrected chi connectivity index (χ3v) is 9.65. The van der Waals surface area contributed by atoms with E-state index >= 15 is 0 Å². The highest BCUT2D eigenvalue weighted by Crippen LogP contribution is 2.48. The van der Waals surface area contributed by atoms with Crippen LogP contribution in [0.4, 0.5) is 17.1 Å². The largest absolute Gasteiger partial charge is 0.456 e. The Morgan fingerprint density at radius 3 is 1.88 bits per heavy atom. The van der Waals surface area contributed by atoms with Gasteiger partial charge in [-0.25, -0.2) is 0 Å². The molecule has 0 spiro atoms. The average Bonchev–Trinajstić information content (AvgIpc) is 3.74. The Morgan fingerprint density at radius 1 is 0.347 bits per heavy atom. The van der Waals surface area contributed by atoms with Crippen LogP contribution in [0.2, 0.25) is 0 Å². The van der Waals surface area contributed by atoms with Gasteiger partial charge in [-0.15, -0.1) is 0 Å². The molecule has 0 bridgehead atoms. The quantitative estimate of drug-likeness (QED) is 0.190. The van der Waals surface area contributed by atoms with Gasteiger partial charge in [0.15, 0.2) is 0 Å². The van der Waals surface area contributed by atoms with Crippen LogP contribution in [0.3, 0.4) is 0 Å². The minimum Gasteiger partial charge on any atom is -0.456 e. The van der Waals surface area contributed by atoms with E-state index in [-0.39, 0.29) is 0 Å². The van der Waals surface area contributed by atoms with Gasteiger partial charge >= 0.3 is 0 Å². The molecule has 10 aromatic rings. The fourth-order valence-corrected chi connectivity index (χ4v) is 7.33. The fraction of sp³-hybridized carbons (Fsp3) is 0. The van der Waals surface area contributed by atoms with E-state index in [1.165, 1.54) is 16.3 Å². The van der Waals surface area contributed by atoms with E-state index in [1.807, 2.05) is 24.3 Å². The van der Waals surface area contributed by atoms with Gasteiger partial charge in [0.25, 0.3) is 0 Å². The maximum Gasteiger partial charge on any atom is 0.137 e. The first-order chi connectivity index (χ1) is 24.3. The van der Waals surface area contributed by atoms with Gasteiger partial charge in [0.1, 0.15) is 22.3 Å². The molecule has 3 heteroatoms. The summed E-state index contributed by atoms with van der Waals surface area (Å²) in [5, 5.41) is 6.78. The van der Waals surface area contributed by atoms with Crippen molar-refractivity contribution in [2.75, 3.05) is 4.90 Å². The number of hydrogen-bond donors (Lipinski definition) is 0. The molecule has 0 unspecified atom stereocenters. The van der Waals surface area contributed by atoms with Crippen molar-refractivity contribution in [1.82, 2.24) is 0 Å². The first kappa shape index (κ1) is 27.5. The number of furan rings is 2. The Morgan fingerprint density at radius 2 is 1.00 bits per heavy atom. The summed E-state index contributed by atoms with van der Waals surface area (Å²) in [6.07, 6.45) is 0. The average molecular weight is 628 g/mol. The fourth-order valence-electron chi connectivity index (χ4n) is 7.33. The van der Waals surface area contributed by atoms with Crippen LogP contribution in [-0.4, -0.2) is 0 Å². The molecule has 0 aliphatic rings. The number of para-hydroxylation sites is 2. The minimum atomic E-state index is 0.852. The van der Waals surface area contributed by atoms with Crippen molar-refractivity contribution in [3.05, 3.63) is 176 Å². The first-order valence-electron chi connectivity index (χ1n) is 16.6. The summed E-state index contributed by atoms with van der Waals surface area (Å²) in [5.41, 5.74) is 11.2. The van der Waals surface area contributed by atoms with Crippen LogP contribution in [0.25, 0.3) is 76.9 Å². The van der Waals surface area contributed by atoms with Crippen molar-refractivity contribution < 1.29 is 8.83 Å². The monoisotopic (exact) mass is 627 g/mol. The molecule has 0 aliphatic heterocycles. The molecule has 10 rings (SSSR count). The van der Waals surface area contributed by atoms with Crippen LogP contribution in [0, 0.1) is 0 Å². The molecule has 230 valence electrons. The molecule has 49 heavy (non-hydrogen) atoms. The highest BCUT2D eigenvalue weighted by atomic mass is 16.3. The predicted molar refractivity (Wildman–Crippen MR) is 204 cm³/mol. The third-order valence-electron chi connectivity index (χ3n) is 9.65. The molecule has 0 amide bonds. The van der Waals surface area contributed by atoms with E-state index < -0.39 is 0 Å². The van der Waals surface area contributed by atoms with Gasteiger partial charge in [-0.05, 0) is 82.1 Å². The first-order valence-corrected chi connectivity index (χ1v) is 16.6. The van der Waals surface area contributed by atoms with Crippen molar-refractivity contribution in [2.45, 2.75) is 0 Å². The predicted octanol–water partition coefficient (Wildman–Crippen LogP) is 13.4. The van der Waals surface area contributed by atoms with Gasteiger partial charge < -0.3 is 13.7 Å². The van der Waals surface area contributed by atoms with Gasteiger partial charge in [0, 0.05) is 27.4 Å². The zero-order valence-corrected chi connectivity index (χ0v) is 26.5. The SMILES string of the molecule is c1ccc(-c2ccc(-c3ccc4ccccc4c3)cc2N(c2ccc3oc4ccccc4c3c2)c2cccc3oc4ccccc4c23)cc1. The van der Waals surface area contributed by atoms with Crippen LogP contribution in [0.5, 0.6) is 0 Å². The molecule has 0 N–H and O–H groups in total. The van der Waals surface area contributed by atoms with E-state index in [0.717, 1.165) is 77.6 Å². The summed E-state index contributed by atoms with van der Waals surface area (Å²) < 4.78 is 12.7. The summed E-state index contributed by atoms with van der Waals surface area (Å²) in [5.74, 6) is 0. The van der Waals surface area contributed by atoms with E-state index in [0.29, 0.717) is 0 Å². The van der Waals surface area contributed by atoms with E-state index in [2.05, 4.69) is 157 Å². The lowest BCUT2D eigenvalue weighted by Crippen LogP contribution is -2.12. The maximum atomic E-state index is 6.44. The van der Waals surface area contributed by atoms with Crippen LogP contribution < -0.4 is 4.90 Å². The normalized spacial score (nSPS) is 11.7. The molecule has 0 aliphatic carbocycles. The van der Waals surface area contributed by atoms with Crippen LogP contribution in [0.1, 0.15) is 0 Å². The zero-order valence-electron chi connectivity index (χ0n) is 26.5. The minimum absolute atomic E-state index is 0.852. The zero-order chi connectivity index (χ0) is 32.3. The second-order valence-electron chi connectivity index (χ2n) is 12.5. The summed E-state index contributed by atoms with van der Waals surface area (Å²) in [4.78, 5) is 2.40. The van der Waals surface area contributed by atoms with E-state index in [9.17, 15) is 0 Å². The van der Waals surface area contributed by atoms with Crippen molar-refractivity contribution in [3.8, 4) is 22.3 Å². The van der Waals surface area contributed by atoms with Gasteiger partial charge in [-0.2, -0.15) is 0 Å². The Kier molecular flexibility index (Phi) is 6.18. The van der Waals surface area contributed by atoms with Gasteiger partial charge in [-0.3, -0.25) is 0 Å². The Balaban J connectivity index is 1.30. The lowest BCUT2D eigenvalue weighted by Gasteiger charge is -2.29. The summed E-state index contributed by atoms with van der Waals surface area (Å²) in [6, 6.07) is 62.2. The molecule has 0 radical (unpaired) electrons. The molecule has 0 saturated heterocycles. The summed E-state index contributed by atoms with van der Waals surface area (Å²) in [7, 11) is 0. The van der Waals surface area contributed by atoms with Gasteiger partial charge in [0.05, 0.1) is 16.8 Å². The molecule has 3 nitrogen and oxygen atoms in total. The Labute approximate surface area is 282 Å². The van der Waals surface area contributed by atoms with Crippen molar-refractivity contribution in [1.29, 1.82) is 0 Å². The molecular weight excluding hydrogens is 599 g/mol. The number of hydrogen-bond acceptors (Lipinski definition) is 3. The van der Waals surface area contributed by atoms with Crippen molar-refractivity contribution in [3.63, 3.8) is 0 Å². The molecule has 2 aromatic heterocycles. The van der Waals surface area contributed by atoms with Crippen molar-refractivity contribution >= 4 is 71.7 Å². The molecular formula is C46H29NO2. The second kappa shape index (κ2) is 11.0. The summed E-state index contributed by atoms with van der Waals surface area (Å²) >= 11 is 0. The molecule has 8 aromatic carbocycles. The van der Waals surface area contributed by atoms with Crippen LogP contribution in [0.15, 0.2) is 185 Å². The number of rotatable bonds is 5.